The summed E-state index contributed by atoms with van der Waals surface area (Å²) in [6.45, 7) is 27.7. The molecule has 0 aromatic carbocycles. The van der Waals surface area contributed by atoms with Crippen molar-refractivity contribution in [3.63, 3.8) is 0 Å². The van der Waals surface area contributed by atoms with Crippen LogP contribution in [0.4, 0.5) is 0 Å². The molecule has 0 amide bonds. The molecule has 0 aliphatic heterocycles. The van der Waals surface area contributed by atoms with E-state index in [-0.39, 0.29) is 25.8 Å². The van der Waals surface area contributed by atoms with Crippen molar-refractivity contribution < 1.29 is 25.8 Å². The Morgan fingerprint density at radius 2 is 0.677 bits per heavy atom. The summed E-state index contributed by atoms with van der Waals surface area (Å²) >= 11 is 0. The van der Waals surface area contributed by atoms with Crippen LogP contribution in [-0.2, 0) is 25.8 Å². The maximum Gasteiger partial charge on any atom is 3.00 e. The molecule has 0 radical (unpaired) electrons. The molecule has 0 unspecified atom stereocenters. The molecule has 0 saturated heterocycles. The van der Waals surface area contributed by atoms with E-state index >= 15 is 0 Å². The van der Waals surface area contributed by atoms with Crippen LogP contribution in [0, 0.1) is 0 Å². The molecule has 7 heteroatoms. The maximum absolute atomic E-state index is 4.04. The quantitative estimate of drug-likeness (QED) is 0.148. The third-order valence-corrected chi connectivity index (χ3v) is 3.74. The van der Waals surface area contributed by atoms with Gasteiger partial charge in [0.05, 0.1) is 0 Å². The summed E-state index contributed by atoms with van der Waals surface area (Å²) in [6.07, 6.45) is 12.4. The van der Waals surface area contributed by atoms with Gasteiger partial charge >= 0.3 is 25.8 Å². The molecule has 31 heavy (non-hydrogen) atoms. The van der Waals surface area contributed by atoms with Crippen molar-refractivity contribution in [2.75, 3.05) is 58.9 Å². The van der Waals surface area contributed by atoms with E-state index in [4.69, 9.17) is 0 Å². The first-order chi connectivity index (χ1) is 14.5. The van der Waals surface area contributed by atoms with E-state index in [0.717, 1.165) is 58.9 Å². The molecule has 180 valence electrons. The molecular weight excluding hydrogens is 417 g/mol. The molecule has 6 nitrogen and oxygen atoms in total. The van der Waals surface area contributed by atoms with E-state index in [1.165, 1.54) is 19.3 Å². The molecule has 0 aliphatic rings. The second-order valence-electron chi connectivity index (χ2n) is 6.46. The first-order valence-corrected chi connectivity index (χ1v) is 12.1. The molecule has 0 rings (SSSR count). The smallest absolute Gasteiger partial charge is 0.538 e. The van der Waals surface area contributed by atoms with Crippen molar-refractivity contribution in [1.82, 2.24) is 14.7 Å². The Labute approximate surface area is 214 Å². The molecule has 0 saturated carbocycles. The first kappa shape index (κ1) is 37.6. The number of hydrogen-bond acceptors (Lipinski definition) is 3. The van der Waals surface area contributed by atoms with Crippen LogP contribution >= 0.6 is 0 Å². The summed E-state index contributed by atoms with van der Waals surface area (Å²) in [4.78, 5) is 18.4. The normalized spacial score (nSPS) is 10.4. The standard InChI is InChI=1S/3C8H17N2.Sc/c3*1-4-7-10(6-3)8-9-5-2;/h3*4-7H2,1-3H3;/q3*-1;+3. The van der Waals surface area contributed by atoms with Crippen molar-refractivity contribution in [3.8, 4) is 0 Å². The zero-order chi connectivity index (χ0) is 23.5. The van der Waals surface area contributed by atoms with Crippen LogP contribution in [-0.4, -0.2) is 92.6 Å². The number of hydrogen-bond donors (Lipinski definition) is 0. The average Bonchev–Trinajstić information content (AvgIpc) is 2.77. The minimum absolute atomic E-state index is 0. The summed E-state index contributed by atoms with van der Waals surface area (Å²) in [7, 11) is 0. The molecule has 0 fully saturated rings. The fourth-order valence-corrected chi connectivity index (χ4v) is 2.16. The first-order valence-electron chi connectivity index (χ1n) is 12.1. The summed E-state index contributed by atoms with van der Waals surface area (Å²) in [5.74, 6) is 0. The van der Waals surface area contributed by atoms with Crippen LogP contribution in [0.3, 0.4) is 0 Å². The summed E-state index contributed by atoms with van der Waals surface area (Å²) in [5, 5.41) is 0. The third kappa shape index (κ3) is 31.6. The van der Waals surface area contributed by atoms with E-state index in [9.17, 15) is 0 Å². The molecular formula is C24H51N6Sc. The third-order valence-electron chi connectivity index (χ3n) is 3.74. The molecule has 0 N–H and O–H groups in total. The average molecular weight is 469 g/mol. The molecule has 0 heterocycles. The van der Waals surface area contributed by atoms with Crippen LogP contribution in [0.25, 0.3) is 0 Å². The van der Waals surface area contributed by atoms with Gasteiger partial charge in [0.1, 0.15) is 0 Å². The minimum atomic E-state index is 0. The van der Waals surface area contributed by atoms with Crippen molar-refractivity contribution >= 4 is 19.0 Å². The fourth-order valence-electron chi connectivity index (χ4n) is 2.16. The van der Waals surface area contributed by atoms with E-state index < -0.39 is 0 Å². The van der Waals surface area contributed by atoms with Gasteiger partial charge in [-0.2, -0.15) is 0 Å². The van der Waals surface area contributed by atoms with Gasteiger partial charge in [-0.3, -0.25) is 19.0 Å². The van der Waals surface area contributed by atoms with Crippen LogP contribution in [0.15, 0.2) is 15.0 Å². The van der Waals surface area contributed by atoms with Gasteiger partial charge in [-0.25, -0.2) is 0 Å². The van der Waals surface area contributed by atoms with E-state index in [2.05, 4.69) is 90.2 Å². The second kappa shape index (κ2) is 33.9. The SMILES string of the molecule is CCCN([C-]=NCC)CC.CCCN([C-]=NCC)CC.CCCN([C-]=NCC)CC.[Sc+3]. The van der Waals surface area contributed by atoms with Crippen LogP contribution in [0.2, 0.25) is 0 Å². The van der Waals surface area contributed by atoms with Gasteiger partial charge in [-0.05, 0) is 98.9 Å². The van der Waals surface area contributed by atoms with Crippen LogP contribution < -0.4 is 0 Å². The fraction of sp³-hybridized carbons (Fsp3) is 0.875. The van der Waals surface area contributed by atoms with Crippen molar-refractivity contribution in [2.24, 2.45) is 15.0 Å². The summed E-state index contributed by atoms with van der Waals surface area (Å²) in [6, 6.07) is 0. The monoisotopic (exact) mass is 468 g/mol. The second-order valence-corrected chi connectivity index (χ2v) is 6.46. The molecule has 0 spiro atoms. The predicted octanol–water partition coefficient (Wildman–Crippen LogP) is 4.93. The molecule has 0 aliphatic carbocycles. The Balaban J connectivity index is -0.000000174. The molecule has 0 aromatic rings. The molecule has 0 bridgehead atoms. The minimum Gasteiger partial charge on any atom is -0.538 e. The van der Waals surface area contributed by atoms with E-state index in [1.54, 1.807) is 0 Å². The summed E-state index contributed by atoms with van der Waals surface area (Å²) in [5.41, 5.74) is 0. The van der Waals surface area contributed by atoms with E-state index in [1.807, 2.05) is 20.8 Å². The van der Waals surface area contributed by atoms with Crippen LogP contribution in [0.5, 0.6) is 0 Å². The Morgan fingerprint density at radius 3 is 0.806 bits per heavy atom. The van der Waals surface area contributed by atoms with Gasteiger partial charge in [0, 0.05) is 0 Å². The van der Waals surface area contributed by atoms with Gasteiger partial charge in [0.15, 0.2) is 0 Å². The Bertz CT molecular complexity index is 331. The topological polar surface area (TPSA) is 46.8 Å². The van der Waals surface area contributed by atoms with Gasteiger partial charge in [0.2, 0.25) is 0 Å². The van der Waals surface area contributed by atoms with Crippen molar-refractivity contribution in [3.05, 3.63) is 0 Å². The Hall–Kier alpha value is -0.720. The summed E-state index contributed by atoms with van der Waals surface area (Å²) < 4.78 is 0. The predicted molar refractivity (Wildman–Crippen MR) is 137 cm³/mol. The van der Waals surface area contributed by atoms with Crippen molar-refractivity contribution in [1.29, 1.82) is 0 Å². The van der Waals surface area contributed by atoms with Gasteiger partial charge in [-0.1, -0.05) is 41.5 Å². The van der Waals surface area contributed by atoms with Crippen LogP contribution in [0.1, 0.15) is 81.6 Å². The van der Waals surface area contributed by atoms with Gasteiger partial charge < -0.3 is 29.7 Å². The number of aliphatic imine (C=N–C) groups is 3. The maximum atomic E-state index is 4.04. The van der Waals surface area contributed by atoms with Gasteiger partial charge in [0.25, 0.3) is 0 Å². The van der Waals surface area contributed by atoms with E-state index in [0.29, 0.717) is 0 Å². The Morgan fingerprint density at radius 1 is 0.452 bits per heavy atom. The van der Waals surface area contributed by atoms with Crippen molar-refractivity contribution in [2.45, 2.75) is 81.6 Å². The Kier molecular flexibility index (Phi) is 41.1. The largest absolute Gasteiger partial charge is 3.00 e. The zero-order valence-corrected chi connectivity index (χ0v) is 24.0. The molecule has 0 aromatic heterocycles. The number of rotatable bonds is 15. The van der Waals surface area contributed by atoms with Gasteiger partial charge in [-0.15, -0.1) is 0 Å². The molecule has 0 atom stereocenters. The number of nitrogens with zero attached hydrogens (tertiary/aromatic N) is 6. The zero-order valence-electron chi connectivity index (χ0n) is 22.2.